The van der Waals surface area contributed by atoms with E-state index in [1.54, 1.807) is 28.9 Å². The van der Waals surface area contributed by atoms with Crippen LogP contribution in [0.25, 0.3) is 16.6 Å². The molecule has 1 fully saturated rings. The van der Waals surface area contributed by atoms with Gasteiger partial charge in [-0.25, -0.2) is 14.4 Å². The minimum atomic E-state index is -0.632. The maximum Gasteiger partial charge on any atom is 0.257 e. The number of carbonyl (C=O) groups is 1. The first-order valence-corrected chi connectivity index (χ1v) is 10.9. The summed E-state index contributed by atoms with van der Waals surface area (Å²) in [7, 11) is 1.62. The molecule has 2 N–H and O–H groups in total. The minimum absolute atomic E-state index is 0.00893. The average Bonchev–Trinajstić information content (AvgIpc) is 3.33. The van der Waals surface area contributed by atoms with E-state index in [9.17, 15) is 4.79 Å². The summed E-state index contributed by atoms with van der Waals surface area (Å²) in [6.07, 6.45) is 4.68. The van der Waals surface area contributed by atoms with Crippen molar-refractivity contribution in [1.29, 1.82) is 0 Å². The Morgan fingerprint density at radius 3 is 3.00 bits per heavy atom. The molecule has 0 radical (unpaired) electrons. The fourth-order valence-electron chi connectivity index (χ4n) is 5.07. The number of piperidine rings is 1. The predicted octanol–water partition coefficient (Wildman–Crippen LogP) is 3.49. The van der Waals surface area contributed by atoms with Crippen molar-refractivity contribution in [3.8, 4) is 5.75 Å². The molecule has 2 aromatic heterocycles. The third kappa shape index (κ3) is 3.03. The van der Waals surface area contributed by atoms with Gasteiger partial charge in [-0.2, -0.15) is 0 Å². The number of nitrogens with two attached hydrogens (primary N) is 1. The second-order valence-electron chi connectivity index (χ2n) is 8.47. The van der Waals surface area contributed by atoms with Crippen LogP contribution in [-0.4, -0.2) is 44.9 Å². The largest absolute Gasteiger partial charge is 0.497 e. The number of methoxy groups -OCH3 is 1. The number of aromatic nitrogens is 3. The molecule has 168 valence electrons. The van der Waals surface area contributed by atoms with Gasteiger partial charge in [0.15, 0.2) is 0 Å². The molecular formula is C24H22FN5O3. The average molecular weight is 447 g/mol. The number of ether oxygens (including phenoxy) is 2. The maximum atomic E-state index is 15.2. The molecule has 1 amide bonds. The van der Waals surface area contributed by atoms with Gasteiger partial charge in [0.1, 0.15) is 22.9 Å². The fourth-order valence-corrected chi connectivity index (χ4v) is 5.07. The van der Waals surface area contributed by atoms with E-state index >= 15 is 4.39 Å². The number of benzene rings is 2. The van der Waals surface area contributed by atoms with Crippen LogP contribution in [0.4, 0.5) is 10.2 Å². The number of hydrogen-bond acceptors (Lipinski definition) is 6. The Morgan fingerprint density at radius 1 is 1.27 bits per heavy atom. The number of likely N-dealkylation sites (tertiary alicyclic amines) is 1. The van der Waals surface area contributed by atoms with Gasteiger partial charge >= 0.3 is 0 Å². The Kier molecular flexibility index (Phi) is 4.48. The van der Waals surface area contributed by atoms with E-state index in [-0.39, 0.29) is 29.4 Å². The third-order valence-electron chi connectivity index (χ3n) is 6.65. The molecule has 1 saturated heterocycles. The summed E-state index contributed by atoms with van der Waals surface area (Å²) >= 11 is 0. The number of nitrogens with zero attached hydrogens (tertiary/aromatic N) is 4. The normalized spacial score (nSPS) is 20.0. The van der Waals surface area contributed by atoms with Gasteiger partial charge in [0, 0.05) is 12.6 Å². The van der Waals surface area contributed by atoms with E-state index in [0.717, 1.165) is 29.7 Å². The molecule has 4 aromatic rings. The lowest BCUT2D eigenvalue weighted by atomic mass is 9.87. The zero-order chi connectivity index (χ0) is 22.7. The lowest BCUT2D eigenvalue weighted by Gasteiger charge is -2.44. The number of nitrogen functional groups attached to an aromatic ring is 1. The highest BCUT2D eigenvalue weighted by atomic mass is 19.1. The number of imidazole rings is 1. The van der Waals surface area contributed by atoms with Crippen molar-refractivity contribution in [1.82, 2.24) is 19.3 Å². The van der Waals surface area contributed by atoms with Gasteiger partial charge in [0.2, 0.25) is 0 Å². The van der Waals surface area contributed by atoms with Crippen LogP contribution < -0.4 is 10.5 Å². The molecular weight excluding hydrogens is 425 g/mol. The van der Waals surface area contributed by atoms with E-state index < -0.39 is 5.82 Å². The van der Waals surface area contributed by atoms with Crippen molar-refractivity contribution in [2.24, 2.45) is 0 Å². The SMILES string of the molecule is COc1ccc2c(c1)COC1CCCN(C(=O)c3cc4c(cc3F)nc(N)c3cncn34)C21. The molecule has 0 bridgehead atoms. The first kappa shape index (κ1) is 19.9. The molecule has 2 aliphatic heterocycles. The zero-order valence-electron chi connectivity index (χ0n) is 18.0. The Balaban J connectivity index is 1.45. The molecule has 9 heteroatoms. The molecule has 0 saturated carbocycles. The third-order valence-corrected chi connectivity index (χ3v) is 6.65. The first-order valence-electron chi connectivity index (χ1n) is 10.9. The molecule has 2 aromatic carbocycles. The van der Waals surface area contributed by atoms with Crippen LogP contribution in [0.3, 0.4) is 0 Å². The van der Waals surface area contributed by atoms with Crippen LogP contribution in [0.15, 0.2) is 42.9 Å². The predicted molar refractivity (Wildman–Crippen MR) is 119 cm³/mol. The highest BCUT2D eigenvalue weighted by Crippen LogP contribution is 2.41. The Bertz CT molecular complexity index is 1420. The highest BCUT2D eigenvalue weighted by Gasteiger charge is 2.40. The number of carbonyl (C=O) groups excluding carboxylic acids is 1. The van der Waals surface area contributed by atoms with Crippen LogP contribution in [0.5, 0.6) is 5.75 Å². The first-order chi connectivity index (χ1) is 16.0. The van der Waals surface area contributed by atoms with Gasteiger partial charge in [-0.1, -0.05) is 6.07 Å². The smallest absolute Gasteiger partial charge is 0.257 e. The molecule has 8 nitrogen and oxygen atoms in total. The molecule has 6 rings (SSSR count). The van der Waals surface area contributed by atoms with Crippen molar-refractivity contribution in [3.63, 3.8) is 0 Å². The van der Waals surface area contributed by atoms with Gasteiger partial charge in [0.05, 0.1) is 55.0 Å². The van der Waals surface area contributed by atoms with Crippen molar-refractivity contribution in [3.05, 3.63) is 65.4 Å². The van der Waals surface area contributed by atoms with Crippen LogP contribution in [-0.2, 0) is 11.3 Å². The lowest BCUT2D eigenvalue weighted by molar-refractivity contribution is -0.0572. The van der Waals surface area contributed by atoms with Crippen molar-refractivity contribution < 1.29 is 18.7 Å². The fraction of sp³-hybridized carbons (Fsp3) is 0.292. The number of rotatable bonds is 2. The molecule has 2 atom stereocenters. The van der Waals surface area contributed by atoms with E-state index in [2.05, 4.69) is 9.97 Å². The van der Waals surface area contributed by atoms with Crippen LogP contribution >= 0.6 is 0 Å². The van der Waals surface area contributed by atoms with Gasteiger partial charge in [-0.3, -0.25) is 9.20 Å². The van der Waals surface area contributed by atoms with Crippen LogP contribution in [0, 0.1) is 5.82 Å². The number of anilines is 1. The monoisotopic (exact) mass is 447 g/mol. The topological polar surface area (TPSA) is 95.0 Å². The number of fused-ring (bicyclic) bond motifs is 6. The van der Waals surface area contributed by atoms with Crippen molar-refractivity contribution >= 4 is 28.3 Å². The molecule has 4 heterocycles. The van der Waals surface area contributed by atoms with E-state index in [0.29, 0.717) is 29.7 Å². The second kappa shape index (κ2) is 7.41. The summed E-state index contributed by atoms with van der Waals surface area (Å²) in [6, 6.07) is 8.32. The van der Waals surface area contributed by atoms with Crippen LogP contribution in [0.1, 0.15) is 40.4 Å². The summed E-state index contributed by atoms with van der Waals surface area (Å²) in [5.74, 6) is -0.0148. The number of amides is 1. The van der Waals surface area contributed by atoms with E-state index in [4.69, 9.17) is 15.2 Å². The summed E-state index contributed by atoms with van der Waals surface area (Å²) < 4.78 is 28.4. The number of halogens is 1. The van der Waals surface area contributed by atoms with Crippen LogP contribution in [0.2, 0.25) is 0 Å². The van der Waals surface area contributed by atoms with Crippen molar-refractivity contribution in [2.75, 3.05) is 19.4 Å². The number of hydrogen-bond donors (Lipinski definition) is 1. The zero-order valence-corrected chi connectivity index (χ0v) is 18.0. The van der Waals surface area contributed by atoms with Gasteiger partial charge in [-0.15, -0.1) is 0 Å². The Morgan fingerprint density at radius 2 is 2.15 bits per heavy atom. The van der Waals surface area contributed by atoms with E-state index in [1.165, 1.54) is 12.1 Å². The Labute approximate surface area is 188 Å². The quantitative estimate of drug-likeness (QED) is 0.506. The van der Waals surface area contributed by atoms with Gasteiger partial charge in [0.25, 0.3) is 5.91 Å². The second-order valence-corrected chi connectivity index (χ2v) is 8.47. The molecule has 0 spiro atoms. The molecule has 2 unspecified atom stereocenters. The summed E-state index contributed by atoms with van der Waals surface area (Å²) in [4.78, 5) is 23.9. The summed E-state index contributed by atoms with van der Waals surface area (Å²) in [5, 5.41) is 0. The molecule has 2 aliphatic rings. The van der Waals surface area contributed by atoms with Gasteiger partial charge < -0.3 is 20.1 Å². The standard InChI is InChI=1S/C24H22FN5O3/c1-32-14-4-5-15-13(7-14)11-33-21-3-2-6-29(22(15)21)24(31)16-8-19-18(9-17(16)25)28-23(26)20-10-27-12-30(19)20/h4-5,7-10,12,21-22H,2-3,6,11H2,1H3,(H2,26,28). The van der Waals surface area contributed by atoms with Gasteiger partial charge in [-0.05, 0) is 42.2 Å². The molecule has 33 heavy (non-hydrogen) atoms. The lowest BCUT2D eigenvalue weighted by Crippen LogP contribution is -2.48. The highest BCUT2D eigenvalue weighted by molar-refractivity contribution is 5.99. The van der Waals surface area contributed by atoms with Crippen molar-refractivity contribution in [2.45, 2.75) is 31.6 Å². The Hall–Kier alpha value is -3.72. The van der Waals surface area contributed by atoms with E-state index in [1.807, 2.05) is 18.2 Å². The summed E-state index contributed by atoms with van der Waals surface area (Å²) in [5.41, 5.74) is 9.51. The minimum Gasteiger partial charge on any atom is -0.497 e. The molecule has 0 aliphatic carbocycles. The maximum absolute atomic E-state index is 15.2. The summed E-state index contributed by atoms with van der Waals surface area (Å²) in [6.45, 7) is 0.985.